The zero-order valence-electron chi connectivity index (χ0n) is 31.5. The molecule has 9 nitrogen and oxygen atoms in total. The number of benzene rings is 2. The number of rotatable bonds is 16. The van der Waals surface area contributed by atoms with E-state index in [-0.39, 0.29) is 6.42 Å². The Kier molecular flexibility index (Phi) is 16.4. The van der Waals surface area contributed by atoms with Gasteiger partial charge in [0, 0.05) is 18.0 Å². The predicted molar refractivity (Wildman–Crippen MR) is 202 cm³/mol. The number of carbonyl (C=O) groups excluding carboxylic acids is 4. The zero-order valence-corrected chi connectivity index (χ0v) is 32.3. The number of hydrogen-bond acceptors (Lipinski definition) is 7. The normalized spacial score (nSPS) is 14.0. The molecular weight excluding hydrogens is 651 g/mol. The van der Waals surface area contributed by atoms with E-state index in [0.29, 0.717) is 35.6 Å². The van der Waals surface area contributed by atoms with Gasteiger partial charge in [0.05, 0.1) is 0 Å². The van der Waals surface area contributed by atoms with E-state index in [4.69, 9.17) is 15.9 Å². The van der Waals surface area contributed by atoms with Crippen LogP contribution in [0.1, 0.15) is 104 Å². The van der Waals surface area contributed by atoms with Crippen molar-refractivity contribution in [2.24, 2.45) is 5.92 Å². The molecule has 0 aliphatic rings. The third kappa shape index (κ3) is 14.5. The molecule has 3 amide bonds. The topological polar surface area (TPSA) is 114 Å². The summed E-state index contributed by atoms with van der Waals surface area (Å²) in [4.78, 5) is 57.8. The van der Waals surface area contributed by atoms with Gasteiger partial charge in [-0.1, -0.05) is 62.2 Å². The van der Waals surface area contributed by atoms with Crippen LogP contribution in [0, 0.1) is 18.3 Å². The summed E-state index contributed by atoms with van der Waals surface area (Å²) >= 11 is 1.54. The maximum absolute atomic E-state index is 14.8. The summed E-state index contributed by atoms with van der Waals surface area (Å²) in [5.41, 5.74) is 0.369. The van der Waals surface area contributed by atoms with Crippen molar-refractivity contribution >= 4 is 35.6 Å². The second kappa shape index (κ2) is 19.4. The molecule has 50 heavy (non-hydrogen) atoms. The Bertz CT molecular complexity index is 1440. The lowest BCUT2D eigenvalue weighted by Gasteiger charge is -2.39. The Morgan fingerprint density at radius 1 is 0.820 bits per heavy atom. The van der Waals surface area contributed by atoms with Crippen molar-refractivity contribution in [3.63, 3.8) is 0 Å². The third-order valence-corrected chi connectivity index (χ3v) is 8.34. The van der Waals surface area contributed by atoms with Crippen molar-refractivity contribution in [2.75, 3.05) is 12.0 Å². The Hall–Kier alpha value is -3.97. The van der Waals surface area contributed by atoms with Gasteiger partial charge in [-0.25, -0.2) is 9.59 Å². The quantitative estimate of drug-likeness (QED) is 0.142. The number of alkyl carbamates (subject to hydrolysis) is 1. The predicted octanol–water partition coefficient (Wildman–Crippen LogP) is 7.08. The number of nitrogens with zero attached hydrogens (tertiary/aromatic N) is 1. The summed E-state index contributed by atoms with van der Waals surface area (Å²) in [6.45, 7) is 16.7. The smallest absolute Gasteiger partial charge is 0.408 e. The van der Waals surface area contributed by atoms with Crippen LogP contribution >= 0.6 is 11.8 Å². The lowest BCUT2D eigenvalue weighted by Crippen LogP contribution is -2.57. The lowest BCUT2D eigenvalue weighted by atomic mass is 9.95. The van der Waals surface area contributed by atoms with Gasteiger partial charge >= 0.3 is 12.1 Å². The highest BCUT2D eigenvalue weighted by Gasteiger charge is 2.40. The van der Waals surface area contributed by atoms with Crippen molar-refractivity contribution < 1.29 is 28.7 Å². The summed E-state index contributed by atoms with van der Waals surface area (Å²) in [7, 11) is 0. The van der Waals surface area contributed by atoms with Gasteiger partial charge < -0.3 is 25.0 Å². The maximum atomic E-state index is 14.8. The number of thioether (sulfide) groups is 1. The van der Waals surface area contributed by atoms with Crippen LogP contribution in [-0.2, 0) is 30.3 Å². The number of hydrogen-bond donors (Lipinski definition) is 2. The van der Waals surface area contributed by atoms with Crippen molar-refractivity contribution in [3.05, 3.63) is 71.3 Å². The fraction of sp³-hybridized carbons (Fsp3) is 0.550. The van der Waals surface area contributed by atoms with Crippen LogP contribution < -0.4 is 10.6 Å². The summed E-state index contributed by atoms with van der Waals surface area (Å²) in [6.07, 6.45) is 8.73. The Morgan fingerprint density at radius 2 is 1.42 bits per heavy atom. The van der Waals surface area contributed by atoms with E-state index in [9.17, 15) is 19.2 Å². The first kappa shape index (κ1) is 42.2. The van der Waals surface area contributed by atoms with Gasteiger partial charge in [0.2, 0.25) is 11.8 Å². The summed E-state index contributed by atoms with van der Waals surface area (Å²) in [5.74, 6) is 1.93. The van der Waals surface area contributed by atoms with Crippen LogP contribution in [0.4, 0.5) is 4.79 Å². The van der Waals surface area contributed by atoms with Crippen LogP contribution in [0.25, 0.3) is 0 Å². The molecule has 2 N–H and O–H groups in total. The second-order valence-electron chi connectivity index (χ2n) is 15.0. The molecule has 4 atom stereocenters. The van der Waals surface area contributed by atoms with Gasteiger partial charge in [0.1, 0.15) is 29.3 Å². The molecule has 2 aromatic carbocycles. The molecule has 274 valence electrons. The average molecular weight is 708 g/mol. The molecule has 0 spiro atoms. The summed E-state index contributed by atoms with van der Waals surface area (Å²) in [6, 6.07) is 12.6. The Labute approximate surface area is 304 Å². The van der Waals surface area contributed by atoms with Gasteiger partial charge in [-0.3, -0.25) is 9.59 Å². The Balaban J connectivity index is 2.72. The maximum Gasteiger partial charge on any atom is 0.408 e. The summed E-state index contributed by atoms with van der Waals surface area (Å²) < 4.78 is 11.3. The highest BCUT2D eigenvalue weighted by Crippen LogP contribution is 2.29. The number of amides is 3. The molecule has 0 aliphatic carbocycles. The number of ether oxygens (including phenoxy) is 2. The van der Waals surface area contributed by atoms with Gasteiger partial charge in [-0.15, -0.1) is 6.42 Å². The van der Waals surface area contributed by atoms with Crippen LogP contribution in [0.2, 0.25) is 0 Å². The van der Waals surface area contributed by atoms with Gasteiger partial charge in [-0.2, -0.15) is 11.8 Å². The van der Waals surface area contributed by atoms with E-state index in [0.717, 1.165) is 12.0 Å². The molecule has 0 aliphatic heterocycles. The van der Waals surface area contributed by atoms with E-state index < -0.39 is 59.2 Å². The van der Waals surface area contributed by atoms with Gasteiger partial charge in [0.15, 0.2) is 0 Å². The largest absolute Gasteiger partial charge is 0.458 e. The lowest BCUT2D eigenvalue weighted by molar-refractivity contribution is -0.159. The van der Waals surface area contributed by atoms with Crippen molar-refractivity contribution in [3.8, 4) is 12.3 Å². The molecule has 0 radical (unpaired) electrons. The number of carbonyl (C=O) groups is 4. The average Bonchev–Trinajstić information content (AvgIpc) is 3.02. The first-order chi connectivity index (χ1) is 23.3. The standard InChI is InChI=1S/C40H57N3O6S/c1-12-29-20-22-31(23-21-29)34(35(44)41-33(37(46)48-39(5,6)7)26-30-16-14-13-15-17-30)43(28(4)19-18-27(2)3)36(45)32(24-25-50-11)42-38(47)49-40(8,9)10/h1,13-17,20-23,27-28,32-34H,18-19,24-26H2,2-11H3,(H,41,44)(H,42,47). The number of esters is 1. The fourth-order valence-electron chi connectivity index (χ4n) is 5.30. The zero-order chi connectivity index (χ0) is 37.6. The summed E-state index contributed by atoms with van der Waals surface area (Å²) in [5, 5.41) is 5.75. The van der Waals surface area contributed by atoms with Crippen molar-refractivity contribution in [1.29, 1.82) is 0 Å². The Morgan fingerprint density at radius 3 is 1.94 bits per heavy atom. The monoisotopic (exact) mass is 707 g/mol. The molecule has 4 unspecified atom stereocenters. The second-order valence-corrected chi connectivity index (χ2v) is 16.0. The van der Waals surface area contributed by atoms with Crippen molar-refractivity contribution in [2.45, 2.75) is 123 Å². The van der Waals surface area contributed by atoms with Gasteiger partial charge in [0.25, 0.3) is 0 Å². The third-order valence-electron chi connectivity index (χ3n) is 7.70. The molecule has 0 fully saturated rings. The SMILES string of the molecule is C#Cc1ccc(C(C(=O)NC(Cc2ccccc2)C(=O)OC(C)(C)C)N(C(=O)C(CCSC)NC(=O)OC(C)(C)C)C(C)CCC(C)C)cc1. The van der Waals surface area contributed by atoms with E-state index in [1.807, 2.05) is 43.5 Å². The molecule has 2 aromatic rings. The first-order valence-electron chi connectivity index (χ1n) is 17.3. The van der Waals surface area contributed by atoms with Gasteiger partial charge in [-0.05, 0) is 109 Å². The molecule has 0 aromatic heterocycles. The van der Waals surface area contributed by atoms with E-state index in [2.05, 4.69) is 30.4 Å². The minimum absolute atomic E-state index is 0.178. The van der Waals surface area contributed by atoms with Crippen molar-refractivity contribution in [1.82, 2.24) is 15.5 Å². The molecule has 0 heterocycles. The van der Waals surface area contributed by atoms with Crippen LogP contribution in [0.3, 0.4) is 0 Å². The minimum Gasteiger partial charge on any atom is -0.458 e. The molecule has 0 saturated carbocycles. The molecule has 0 bridgehead atoms. The van der Waals surface area contributed by atoms with E-state index in [1.165, 1.54) is 0 Å². The molecule has 0 saturated heterocycles. The highest BCUT2D eigenvalue weighted by molar-refractivity contribution is 7.98. The van der Waals surface area contributed by atoms with Crippen LogP contribution in [0.5, 0.6) is 0 Å². The number of nitrogens with one attached hydrogen (secondary N) is 2. The molecule has 2 rings (SSSR count). The highest BCUT2D eigenvalue weighted by atomic mass is 32.2. The first-order valence-corrected chi connectivity index (χ1v) is 18.7. The van der Waals surface area contributed by atoms with Crippen LogP contribution in [0.15, 0.2) is 54.6 Å². The molecule has 10 heteroatoms. The molecular formula is C40H57N3O6S. The number of terminal acetylenes is 1. The fourth-order valence-corrected chi connectivity index (χ4v) is 5.77. The van der Waals surface area contributed by atoms with E-state index >= 15 is 0 Å². The van der Waals surface area contributed by atoms with Crippen LogP contribution in [-0.4, -0.2) is 70.1 Å². The minimum atomic E-state index is -1.17. The van der Waals surface area contributed by atoms with E-state index in [1.54, 1.807) is 82.5 Å².